The Hall–Kier alpha value is -3.78. The van der Waals surface area contributed by atoms with E-state index >= 15 is 0 Å². The minimum absolute atomic E-state index is 0.161. The van der Waals surface area contributed by atoms with Crippen LogP contribution in [0.25, 0.3) is 17.0 Å². The normalized spacial score (nSPS) is 16.0. The molecule has 2 aromatic heterocycles. The maximum atomic E-state index is 13.4. The number of carbonyl (C=O) groups excluding carboxylic acids is 1. The Balaban J connectivity index is 1.54. The highest BCUT2D eigenvalue weighted by atomic mass is 32.1. The van der Waals surface area contributed by atoms with E-state index in [9.17, 15) is 9.18 Å². The summed E-state index contributed by atoms with van der Waals surface area (Å²) in [5.41, 5.74) is 4.32. The lowest BCUT2D eigenvalue weighted by Gasteiger charge is -2.35. The lowest BCUT2D eigenvalue weighted by Crippen LogP contribution is -2.46. The van der Waals surface area contributed by atoms with Crippen molar-refractivity contribution < 1.29 is 13.7 Å². The van der Waals surface area contributed by atoms with E-state index in [0.29, 0.717) is 23.8 Å². The van der Waals surface area contributed by atoms with Crippen molar-refractivity contribution in [2.45, 2.75) is 32.7 Å². The first kappa shape index (κ1) is 23.0. The van der Waals surface area contributed by atoms with E-state index in [1.165, 1.54) is 22.6 Å². The molecule has 1 N–H and O–H groups in total. The summed E-state index contributed by atoms with van der Waals surface area (Å²) in [6.07, 6.45) is 1.68. The topological polar surface area (TPSA) is 71.3 Å². The Morgan fingerprint density at radius 3 is 2.57 bits per heavy atom. The van der Waals surface area contributed by atoms with Crippen LogP contribution in [0.15, 0.2) is 76.3 Å². The third-order valence-electron chi connectivity index (χ3n) is 6.24. The Labute approximate surface area is 207 Å². The lowest BCUT2D eigenvalue weighted by atomic mass is 9.93. The Morgan fingerprint density at radius 1 is 1.11 bits per heavy atom. The van der Waals surface area contributed by atoms with E-state index in [1.807, 2.05) is 30.5 Å². The monoisotopic (exact) mass is 488 g/mol. The minimum Gasteiger partial charge on any atom is -0.334 e. The predicted octanol–water partition coefficient (Wildman–Crippen LogP) is 6.24. The first-order chi connectivity index (χ1) is 17.0. The molecule has 1 atom stereocenters. The Bertz CT molecular complexity index is 1340. The van der Waals surface area contributed by atoms with Crippen molar-refractivity contribution in [2.75, 3.05) is 6.54 Å². The van der Waals surface area contributed by atoms with Crippen LogP contribution < -0.4 is 5.32 Å². The van der Waals surface area contributed by atoms with Gasteiger partial charge in [0, 0.05) is 22.7 Å². The standard InChI is InChI=1S/C27H25FN4O2S/c1-3-18-6-8-19(9-7-18)24-23(26-30-25(31-34-26)20-10-12-21(28)13-11-20)17(2)32(27(33)29-24)15-14-22-5-4-16-35-22/h4-13,16,24H,3,14-15H2,1-2H3,(H,29,33). The van der Waals surface area contributed by atoms with Gasteiger partial charge in [-0.2, -0.15) is 4.98 Å². The molecule has 0 spiro atoms. The minimum atomic E-state index is -0.437. The first-order valence-electron chi connectivity index (χ1n) is 11.5. The molecule has 1 aliphatic rings. The summed E-state index contributed by atoms with van der Waals surface area (Å²) in [7, 11) is 0. The first-order valence-corrected chi connectivity index (χ1v) is 12.4. The second-order valence-corrected chi connectivity index (χ2v) is 9.42. The molecule has 178 valence electrons. The zero-order valence-electron chi connectivity index (χ0n) is 19.5. The summed E-state index contributed by atoms with van der Waals surface area (Å²) < 4.78 is 19.1. The third-order valence-corrected chi connectivity index (χ3v) is 7.17. The number of rotatable bonds is 7. The second kappa shape index (κ2) is 9.84. The van der Waals surface area contributed by atoms with Crippen LogP contribution in [-0.4, -0.2) is 27.6 Å². The SMILES string of the molecule is CCc1ccc(C2NC(=O)N(CCc3cccs3)C(C)=C2c2nc(-c3ccc(F)cc3)no2)cc1. The highest BCUT2D eigenvalue weighted by Gasteiger charge is 2.35. The van der Waals surface area contributed by atoms with Gasteiger partial charge < -0.3 is 9.84 Å². The molecular formula is C27H25FN4O2S. The number of carbonyl (C=O) groups is 1. The van der Waals surface area contributed by atoms with E-state index in [0.717, 1.165) is 29.7 Å². The molecule has 4 aromatic rings. The molecule has 2 aromatic carbocycles. The summed E-state index contributed by atoms with van der Waals surface area (Å²) in [5.74, 6) is 0.359. The van der Waals surface area contributed by atoms with Gasteiger partial charge in [-0.05, 0) is 66.6 Å². The van der Waals surface area contributed by atoms with Gasteiger partial charge >= 0.3 is 6.03 Å². The zero-order valence-corrected chi connectivity index (χ0v) is 20.3. The molecule has 0 radical (unpaired) electrons. The molecular weight excluding hydrogens is 463 g/mol. The van der Waals surface area contributed by atoms with E-state index in [4.69, 9.17) is 4.52 Å². The zero-order chi connectivity index (χ0) is 24.4. The Morgan fingerprint density at radius 2 is 1.89 bits per heavy atom. The number of halogens is 1. The summed E-state index contributed by atoms with van der Waals surface area (Å²) in [6.45, 7) is 4.55. The number of hydrogen-bond acceptors (Lipinski definition) is 5. The molecule has 1 unspecified atom stereocenters. The number of allylic oxidation sites excluding steroid dienone is 1. The summed E-state index contributed by atoms with van der Waals surface area (Å²) in [6, 6.07) is 17.6. The fraction of sp³-hybridized carbons (Fsp3) is 0.222. The van der Waals surface area contributed by atoms with Crippen molar-refractivity contribution in [3.63, 3.8) is 0 Å². The van der Waals surface area contributed by atoms with E-state index in [1.54, 1.807) is 28.4 Å². The number of amides is 2. The van der Waals surface area contributed by atoms with Crippen LogP contribution in [0.2, 0.25) is 0 Å². The van der Waals surface area contributed by atoms with E-state index < -0.39 is 6.04 Å². The molecule has 5 rings (SSSR count). The lowest BCUT2D eigenvalue weighted by molar-refractivity contribution is 0.205. The molecule has 0 fully saturated rings. The number of aromatic nitrogens is 2. The predicted molar refractivity (Wildman–Crippen MR) is 134 cm³/mol. The number of benzene rings is 2. The molecule has 0 bridgehead atoms. The van der Waals surface area contributed by atoms with Gasteiger partial charge in [0.05, 0.1) is 11.6 Å². The van der Waals surface area contributed by atoms with E-state index in [-0.39, 0.29) is 11.8 Å². The van der Waals surface area contributed by atoms with Crippen molar-refractivity contribution in [3.05, 3.63) is 99.5 Å². The number of nitrogens with one attached hydrogen (secondary N) is 1. The van der Waals surface area contributed by atoms with Gasteiger partial charge in [0.1, 0.15) is 5.82 Å². The number of aryl methyl sites for hydroxylation is 1. The van der Waals surface area contributed by atoms with Gasteiger partial charge in [0.2, 0.25) is 5.82 Å². The molecule has 2 amide bonds. The van der Waals surface area contributed by atoms with Crippen LogP contribution in [0.4, 0.5) is 9.18 Å². The highest BCUT2D eigenvalue weighted by molar-refractivity contribution is 7.09. The van der Waals surface area contributed by atoms with Gasteiger partial charge in [-0.1, -0.05) is 42.4 Å². The molecule has 3 heterocycles. The largest absolute Gasteiger partial charge is 0.334 e. The molecule has 0 saturated heterocycles. The van der Waals surface area contributed by atoms with Crippen LogP contribution in [0.5, 0.6) is 0 Å². The molecule has 1 aliphatic heterocycles. The van der Waals surface area contributed by atoms with Crippen molar-refractivity contribution in [3.8, 4) is 11.4 Å². The van der Waals surface area contributed by atoms with Crippen molar-refractivity contribution in [1.82, 2.24) is 20.4 Å². The second-order valence-electron chi connectivity index (χ2n) is 8.39. The summed E-state index contributed by atoms with van der Waals surface area (Å²) in [4.78, 5) is 20.8. The number of urea groups is 1. The molecule has 35 heavy (non-hydrogen) atoms. The quantitative estimate of drug-likeness (QED) is 0.334. The summed E-state index contributed by atoms with van der Waals surface area (Å²) in [5, 5.41) is 9.31. The van der Waals surface area contributed by atoms with Gasteiger partial charge in [-0.15, -0.1) is 11.3 Å². The Kier molecular flexibility index (Phi) is 6.46. The van der Waals surface area contributed by atoms with Gasteiger partial charge in [-0.3, -0.25) is 4.90 Å². The summed E-state index contributed by atoms with van der Waals surface area (Å²) >= 11 is 1.67. The van der Waals surface area contributed by atoms with Crippen LogP contribution in [0.3, 0.4) is 0 Å². The maximum Gasteiger partial charge on any atom is 0.322 e. The van der Waals surface area contributed by atoms with Crippen molar-refractivity contribution in [2.24, 2.45) is 0 Å². The molecule has 0 aliphatic carbocycles. The molecule has 6 nitrogen and oxygen atoms in total. The maximum absolute atomic E-state index is 13.4. The van der Waals surface area contributed by atoms with Gasteiger partial charge in [0.25, 0.3) is 5.89 Å². The number of nitrogens with zero attached hydrogens (tertiary/aromatic N) is 3. The van der Waals surface area contributed by atoms with Crippen LogP contribution in [0, 0.1) is 5.82 Å². The van der Waals surface area contributed by atoms with Crippen molar-refractivity contribution >= 4 is 22.9 Å². The fourth-order valence-corrected chi connectivity index (χ4v) is 4.95. The third kappa shape index (κ3) is 4.74. The fourth-order valence-electron chi connectivity index (χ4n) is 4.25. The smallest absolute Gasteiger partial charge is 0.322 e. The number of thiophene rings is 1. The molecule has 0 saturated carbocycles. The molecule has 8 heteroatoms. The van der Waals surface area contributed by atoms with Crippen molar-refractivity contribution in [1.29, 1.82) is 0 Å². The van der Waals surface area contributed by atoms with Gasteiger partial charge in [0.15, 0.2) is 0 Å². The van der Waals surface area contributed by atoms with Crippen LogP contribution in [0.1, 0.15) is 41.8 Å². The van der Waals surface area contributed by atoms with Crippen LogP contribution in [-0.2, 0) is 12.8 Å². The highest BCUT2D eigenvalue weighted by Crippen LogP contribution is 2.37. The van der Waals surface area contributed by atoms with Gasteiger partial charge in [-0.25, -0.2) is 9.18 Å². The average molecular weight is 489 g/mol. The van der Waals surface area contributed by atoms with E-state index in [2.05, 4.69) is 40.6 Å². The van der Waals surface area contributed by atoms with Crippen LogP contribution >= 0.6 is 11.3 Å². The average Bonchev–Trinajstić information content (AvgIpc) is 3.57. The number of hydrogen-bond donors (Lipinski definition) is 1.